The highest BCUT2D eigenvalue weighted by atomic mass is 19.1. The minimum Gasteiger partial charge on any atom is -0.473 e. The van der Waals surface area contributed by atoms with Gasteiger partial charge in [0.2, 0.25) is 5.88 Å². The predicted octanol–water partition coefficient (Wildman–Crippen LogP) is 4.18. The summed E-state index contributed by atoms with van der Waals surface area (Å²) in [6.45, 7) is 5.93. The lowest BCUT2D eigenvalue weighted by atomic mass is 10.1. The lowest BCUT2D eigenvalue weighted by Crippen LogP contribution is -2.12. The molecular weight excluding hydrogens is 255 g/mol. The largest absolute Gasteiger partial charge is 0.473 e. The van der Waals surface area contributed by atoms with E-state index in [0.717, 1.165) is 11.3 Å². The highest BCUT2D eigenvalue weighted by molar-refractivity contribution is 5.53. The number of rotatable bonds is 5. The zero-order valence-electron chi connectivity index (χ0n) is 11.9. The number of pyridine rings is 1. The van der Waals surface area contributed by atoms with E-state index in [1.165, 1.54) is 12.1 Å². The highest BCUT2D eigenvalue weighted by Crippen LogP contribution is 2.26. The standard InChI is InChI=1S/C16H19FN2O/c1-11(2)20-16-15(5-4-10-18-16)19-12(3)13-6-8-14(17)9-7-13/h4-12,19H,1-3H3. The van der Waals surface area contributed by atoms with Crippen molar-refractivity contribution in [2.75, 3.05) is 5.32 Å². The summed E-state index contributed by atoms with van der Waals surface area (Å²) >= 11 is 0. The van der Waals surface area contributed by atoms with Crippen molar-refractivity contribution in [1.82, 2.24) is 4.98 Å². The first-order valence-electron chi connectivity index (χ1n) is 6.70. The molecule has 20 heavy (non-hydrogen) atoms. The zero-order chi connectivity index (χ0) is 14.5. The monoisotopic (exact) mass is 274 g/mol. The molecule has 0 radical (unpaired) electrons. The van der Waals surface area contributed by atoms with Crippen LogP contribution in [0.4, 0.5) is 10.1 Å². The minimum absolute atomic E-state index is 0.0364. The van der Waals surface area contributed by atoms with Crippen LogP contribution >= 0.6 is 0 Å². The second-order valence-electron chi connectivity index (χ2n) is 4.94. The van der Waals surface area contributed by atoms with Crippen LogP contribution in [0.2, 0.25) is 0 Å². The molecule has 3 nitrogen and oxygen atoms in total. The average molecular weight is 274 g/mol. The Hall–Kier alpha value is -2.10. The van der Waals surface area contributed by atoms with Crippen molar-refractivity contribution in [3.05, 3.63) is 54.0 Å². The third kappa shape index (κ3) is 3.70. The molecule has 1 aromatic carbocycles. The normalized spacial score (nSPS) is 12.2. The lowest BCUT2D eigenvalue weighted by molar-refractivity contribution is 0.234. The molecule has 4 heteroatoms. The molecule has 0 saturated carbocycles. The number of hydrogen-bond donors (Lipinski definition) is 1. The van der Waals surface area contributed by atoms with E-state index in [2.05, 4.69) is 10.3 Å². The molecule has 0 amide bonds. The molecule has 1 heterocycles. The minimum atomic E-state index is -0.230. The van der Waals surface area contributed by atoms with Crippen molar-refractivity contribution in [2.24, 2.45) is 0 Å². The van der Waals surface area contributed by atoms with Gasteiger partial charge in [-0.05, 0) is 50.6 Å². The number of aromatic nitrogens is 1. The van der Waals surface area contributed by atoms with E-state index in [-0.39, 0.29) is 18.0 Å². The van der Waals surface area contributed by atoms with E-state index >= 15 is 0 Å². The van der Waals surface area contributed by atoms with Crippen LogP contribution in [0, 0.1) is 5.82 Å². The first-order valence-corrected chi connectivity index (χ1v) is 6.70. The molecule has 2 rings (SSSR count). The summed E-state index contributed by atoms with van der Waals surface area (Å²) in [7, 11) is 0. The Balaban J connectivity index is 2.15. The van der Waals surface area contributed by atoms with Crippen molar-refractivity contribution in [2.45, 2.75) is 32.9 Å². The van der Waals surface area contributed by atoms with E-state index in [1.807, 2.05) is 32.9 Å². The van der Waals surface area contributed by atoms with Gasteiger partial charge in [-0.15, -0.1) is 0 Å². The summed E-state index contributed by atoms with van der Waals surface area (Å²) in [4.78, 5) is 4.23. The number of benzene rings is 1. The van der Waals surface area contributed by atoms with Gasteiger partial charge in [0.05, 0.1) is 11.8 Å². The Morgan fingerprint density at radius 1 is 1.10 bits per heavy atom. The number of nitrogens with zero attached hydrogens (tertiary/aromatic N) is 1. The predicted molar refractivity (Wildman–Crippen MR) is 78.4 cm³/mol. The van der Waals surface area contributed by atoms with Gasteiger partial charge in [0.1, 0.15) is 5.82 Å². The van der Waals surface area contributed by atoms with Gasteiger partial charge >= 0.3 is 0 Å². The first-order chi connectivity index (χ1) is 9.56. The Morgan fingerprint density at radius 3 is 2.45 bits per heavy atom. The van der Waals surface area contributed by atoms with Crippen molar-refractivity contribution in [3.63, 3.8) is 0 Å². The Morgan fingerprint density at radius 2 is 1.80 bits per heavy atom. The van der Waals surface area contributed by atoms with Crippen molar-refractivity contribution >= 4 is 5.69 Å². The van der Waals surface area contributed by atoms with Crippen LogP contribution in [0.25, 0.3) is 0 Å². The average Bonchev–Trinajstić information content (AvgIpc) is 2.41. The lowest BCUT2D eigenvalue weighted by Gasteiger charge is -2.19. The SMILES string of the molecule is CC(C)Oc1ncccc1NC(C)c1ccc(F)cc1. The topological polar surface area (TPSA) is 34.1 Å². The molecule has 0 fully saturated rings. The number of halogens is 1. The van der Waals surface area contributed by atoms with Crippen molar-refractivity contribution in [3.8, 4) is 5.88 Å². The van der Waals surface area contributed by atoms with Gasteiger partial charge in [-0.25, -0.2) is 9.37 Å². The van der Waals surface area contributed by atoms with Crippen molar-refractivity contribution in [1.29, 1.82) is 0 Å². The van der Waals surface area contributed by atoms with E-state index in [9.17, 15) is 4.39 Å². The Labute approximate surface area is 118 Å². The van der Waals surface area contributed by atoms with E-state index in [4.69, 9.17) is 4.74 Å². The summed E-state index contributed by atoms with van der Waals surface area (Å²) in [5.41, 5.74) is 1.84. The fraction of sp³-hybridized carbons (Fsp3) is 0.312. The van der Waals surface area contributed by atoms with Crippen molar-refractivity contribution < 1.29 is 9.13 Å². The van der Waals surface area contributed by atoms with Crippen LogP contribution in [-0.4, -0.2) is 11.1 Å². The molecule has 0 bridgehead atoms. The smallest absolute Gasteiger partial charge is 0.237 e. The van der Waals surface area contributed by atoms with Gasteiger partial charge in [0, 0.05) is 12.2 Å². The molecule has 1 aromatic heterocycles. The molecule has 1 N–H and O–H groups in total. The van der Waals surface area contributed by atoms with Crippen LogP contribution in [-0.2, 0) is 0 Å². The Bertz CT molecular complexity index is 555. The number of ether oxygens (including phenoxy) is 1. The van der Waals surface area contributed by atoms with Gasteiger partial charge in [0.25, 0.3) is 0 Å². The fourth-order valence-electron chi connectivity index (χ4n) is 1.89. The molecule has 0 aliphatic heterocycles. The molecule has 106 valence electrons. The maximum Gasteiger partial charge on any atom is 0.237 e. The van der Waals surface area contributed by atoms with Crippen LogP contribution in [0.15, 0.2) is 42.6 Å². The summed E-state index contributed by atoms with van der Waals surface area (Å²) in [5, 5.41) is 3.34. The van der Waals surface area contributed by atoms with Crippen LogP contribution < -0.4 is 10.1 Å². The second-order valence-corrected chi connectivity index (χ2v) is 4.94. The number of hydrogen-bond acceptors (Lipinski definition) is 3. The third-order valence-corrected chi connectivity index (χ3v) is 2.86. The molecule has 0 aliphatic rings. The Kier molecular flexibility index (Phi) is 4.56. The summed E-state index contributed by atoms with van der Waals surface area (Å²) in [5.74, 6) is 0.350. The molecule has 0 aliphatic carbocycles. The summed E-state index contributed by atoms with van der Waals surface area (Å²) in [6, 6.07) is 10.3. The molecule has 1 unspecified atom stereocenters. The van der Waals surface area contributed by atoms with Gasteiger partial charge < -0.3 is 10.1 Å². The van der Waals surface area contributed by atoms with Gasteiger partial charge in [-0.1, -0.05) is 12.1 Å². The molecule has 0 saturated heterocycles. The summed E-state index contributed by atoms with van der Waals surface area (Å²) in [6.07, 6.45) is 1.76. The third-order valence-electron chi connectivity index (χ3n) is 2.86. The van der Waals surface area contributed by atoms with Gasteiger partial charge in [0.15, 0.2) is 0 Å². The van der Waals surface area contributed by atoms with Gasteiger partial charge in [-0.3, -0.25) is 0 Å². The molecule has 1 atom stereocenters. The first kappa shape index (κ1) is 14.3. The fourth-order valence-corrected chi connectivity index (χ4v) is 1.89. The van der Waals surface area contributed by atoms with Crippen LogP contribution in [0.5, 0.6) is 5.88 Å². The molecule has 2 aromatic rings. The molecule has 0 spiro atoms. The second kappa shape index (κ2) is 6.37. The zero-order valence-corrected chi connectivity index (χ0v) is 11.9. The highest BCUT2D eigenvalue weighted by Gasteiger charge is 2.11. The number of anilines is 1. The molecular formula is C16H19FN2O. The summed E-state index contributed by atoms with van der Waals surface area (Å²) < 4.78 is 18.6. The van der Waals surface area contributed by atoms with E-state index < -0.39 is 0 Å². The van der Waals surface area contributed by atoms with E-state index in [0.29, 0.717) is 5.88 Å². The maximum atomic E-state index is 12.9. The van der Waals surface area contributed by atoms with Gasteiger partial charge in [-0.2, -0.15) is 0 Å². The van der Waals surface area contributed by atoms with Crippen LogP contribution in [0.1, 0.15) is 32.4 Å². The van der Waals surface area contributed by atoms with E-state index in [1.54, 1.807) is 18.3 Å². The maximum absolute atomic E-state index is 12.9. The quantitative estimate of drug-likeness (QED) is 0.888. The van der Waals surface area contributed by atoms with Crippen LogP contribution in [0.3, 0.4) is 0 Å². The number of nitrogens with one attached hydrogen (secondary N) is 1.